The molecule has 0 aromatic heterocycles. The van der Waals surface area contributed by atoms with Crippen LogP contribution in [-0.2, 0) is 4.74 Å². The van der Waals surface area contributed by atoms with E-state index in [1.807, 2.05) is 0 Å². The first kappa shape index (κ1) is 18.0. The van der Waals surface area contributed by atoms with E-state index in [4.69, 9.17) is 4.74 Å². The molecule has 1 aromatic rings. The Balaban J connectivity index is 1.48. The molecule has 0 N–H and O–H groups in total. The molecule has 0 spiro atoms. The fraction of sp³-hybridized carbons (Fsp3) is 0.739. The van der Waals surface area contributed by atoms with Gasteiger partial charge < -0.3 is 4.74 Å². The van der Waals surface area contributed by atoms with Crippen LogP contribution >= 0.6 is 0 Å². The lowest BCUT2D eigenvalue weighted by Crippen LogP contribution is -2.21. The van der Waals surface area contributed by atoms with Crippen molar-refractivity contribution in [1.82, 2.24) is 0 Å². The maximum Gasteiger partial charge on any atom is 0.0575 e. The summed E-state index contributed by atoms with van der Waals surface area (Å²) >= 11 is 0. The Morgan fingerprint density at radius 2 is 1.29 bits per heavy atom. The van der Waals surface area contributed by atoms with Crippen LogP contribution in [0.1, 0.15) is 101 Å². The van der Waals surface area contributed by atoms with Gasteiger partial charge in [-0.15, -0.1) is 0 Å². The first-order chi connectivity index (χ1) is 11.8. The number of hydrogen-bond donors (Lipinski definition) is 0. The summed E-state index contributed by atoms with van der Waals surface area (Å²) in [7, 11) is 0. The van der Waals surface area contributed by atoms with Crippen molar-refractivity contribution in [3.05, 3.63) is 35.4 Å². The van der Waals surface area contributed by atoms with Gasteiger partial charge in [0.15, 0.2) is 0 Å². The van der Waals surface area contributed by atoms with Crippen molar-refractivity contribution in [1.29, 1.82) is 0 Å². The Kier molecular flexibility index (Phi) is 6.77. The minimum absolute atomic E-state index is 0.524. The maximum absolute atomic E-state index is 6.01. The summed E-state index contributed by atoms with van der Waals surface area (Å²) in [6.07, 6.45) is 13.7. The molecular formula is C23H36O. The highest BCUT2D eigenvalue weighted by Gasteiger charge is 2.23. The highest BCUT2D eigenvalue weighted by atomic mass is 16.5. The number of benzene rings is 1. The summed E-state index contributed by atoms with van der Waals surface area (Å²) in [6.45, 7) is 5.60. The zero-order valence-corrected chi connectivity index (χ0v) is 15.8. The number of unbranched alkanes of at least 4 members (excludes halogenated alkanes) is 1. The molecule has 0 saturated heterocycles. The van der Waals surface area contributed by atoms with Gasteiger partial charge in [0, 0.05) is 6.61 Å². The van der Waals surface area contributed by atoms with E-state index in [0.29, 0.717) is 6.10 Å². The van der Waals surface area contributed by atoms with Gasteiger partial charge in [0.25, 0.3) is 0 Å². The van der Waals surface area contributed by atoms with Crippen LogP contribution in [0.5, 0.6) is 0 Å². The van der Waals surface area contributed by atoms with E-state index in [9.17, 15) is 0 Å². The van der Waals surface area contributed by atoms with E-state index in [2.05, 4.69) is 38.1 Å². The number of rotatable bonds is 6. The lowest BCUT2D eigenvalue weighted by atomic mass is 9.78. The summed E-state index contributed by atoms with van der Waals surface area (Å²) in [6, 6.07) is 9.71. The number of ether oxygens (including phenoxy) is 1. The molecule has 2 aliphatic rings. The van der Waals surface area contributed by atoms with Gasteiger partial charge in [-0.1, -0.05) is 57.4 Å². The van der Waals surface area contributed by atoms with Crippen molar-refractivity contribution in [3.63, 3.8) is 0 Å². The Morgan fingerprint density at radius 1 is 0.792 bits per heavy atom. The molecule has 0 aliphatic heterocycles. The summed E-state index contributed by atoms with van der Waals surface area (Å²) in [5, 5.41) is 0. The molecule has 1 nitrogen and oxygen atoms in total. The molecule has 0 radical (unpaired) electrons. The van der Waals surface area contributed by atoms with Crippen LogP contribution in [0.4, 0.5) is 0 Å². The molecule has 134 valence electrons. The van der Waals surface area contributed by atoms with Crippen molar-refractivity contribution in [3.8, 4) is 0 Å². The van der Waals surface area contributed by atoms with Crippen LogP contribution in [-0.4, -0.2) is 12.7 Å². The fourth-order valence-electron chi connectivity index (χ4n) is 4.59. The van der Waals surface area contributed by atoms with E-state index >= 15 is 0 Å². The van der Waals surface area contributed by atoms with Crippen LogP contribution in [0.2, 0.25) is 0 Å². The quantitative estimate of drug-likeness (QED) is 0.520. The second kappa shape index (κ2) is 9.04. The monoisotopic (exact) mass is 328 g/mol. The first-order valence-electron chi connectivity index (χ1n) is 10.5. The second-order valence-corrected chi connectivity index (χ2v) is 8.32. The third-order valence-electron chi connectivity index (χ3n) is 6.42. The molecular weight excluding hydrogens is 292 g/mol. The molecule has 1 heteroatoms. The van der Waals surface area contributed by atoms with Gasteiger partial charge in [-0.3, -0.25) is 0 Å². The standard InChI is InChI=1S/C23H36O/c1-3-4-17-24-23-15-13-22(14-16-23)21-11-9-20(10-12-21)19-7-5-18(2)6-8-19/h9-12,18-19,22-23H,3-8,13-17H2,1-2H3. The molecule has 1 aromatic carbocycles. The van der Waals surface area contributed by atoms with E-state index in [0.717, 1.165) is 24.4 Å². The zero-order chi connectivity index (χ0) is 16.8. The number of hydrogen-bond acceptors (Lipinski definition) is 1. The van der Waals surface area contributed by atoms with Gasteiger partial charge in [-0.2, -0.15) is 0 Å². The Labute approximate surface area is 149 Å². The molecule has 0 unspecified atom stereocenters. The van der Waals surface area contributed by atoms with E-state index < -0.39 is 0 Å². The van der Waals surface area contributed by atoms with Crippen molar-refractivity contribution < 1.29 is 4.74 Å². The predicted octanol–water partition coefficient (Wildman–Crippen LogP) is 6.82. The smallest absolute Gasteiger partial charge is 0.0575 e. The predicted molar refractivity (Wildman–Crippen MR) is 103 cm³/mol. The first-order valence-corrected chi connectivity index (χ1v) is 10.5. The third-order valence-corrected chi connectivity index (χ3v) is 6.42. The normalized spacial score (nSPS) is 31.1. The van der Waals surface area contributed by atoms with Crippen LogP contribution in [0.15, 0.2) is 24.3 Å². The zero-order valence-electron chi connectivity index (χ0n) is 15.8. The molecule has 2 fully saturated rings. The highest BCUT2D eigenvalue weighted by Crippen LogP contribution is 2.38. The summed E-state index contributed by atoms with van der Waals surface area (Å²) in [5.41, 5.74) is 3.15. The lowest BCUT2D eigenvalue weighted by Gasteiger charge is -2.30. The van der Waals surface area contributed by atoms with Gasteiger partial charge in [-0.05, 0) is 73.8 Å². The SMILES string of the molecule is CCCCOC1CCC(c2ccc(C3CCC(C)CC3)cc2)CC1. The molecule has 2 saturated carbocycles. The summed E-state index contributed by atoms with van der Waals surface area (Å²) < 4.78 is 6.01. The molecule has 0 amide bonds. The van der Waals surface area contributed by atoms with Crippen molar-refractivity contribution >= 4 is 0 Å². The van der Waals surface area contributed by atoms with Gasteiger partial charge in [-0.25, -0.2) is 0 Å². The third kappa shape index (κ3) is 4.85. The molecule has 24 heavy (non-hydrogen) atoms. The van der Waals surface area contributed by atoms with Crippen molar-refractivity contribution in [2.75, 3.05) is 6.61 Å². The minimum Gasteiger partial charge on any atom is -0.378 e. The van der Waals surface area contributed by atoms with Crippen molar-refractivity contribution in [2.45, 2.75) is 96.0 Å². The van der Waals surface area contributed by atoms with Crippen LogP contribution < -0.4 is 0 Å². The minimum atomic E-state index is 0.524. The molecule has 0 bridgehead atoms. The van der Waals surface area contributed by atoms with Gasteiger partial charge >= 0.3 is 0 Å². The Morgan fingerprint density at radius 3 is 1.79 bits per heavy atom. The molecule has 0 heterocycles. The fourth-order valence-corrected chi connectivity index (χ4v) is 4.59. The Bertz CT molecular complexity index is 461. The average molecular weight is 329 g/mol. The summed E-state index contributed by atoms with van der Waals surface area (Å²) in [4.78, 5) is 0. The van der Waals surface area contributed by atoms with Crippen molar-refractivity contribution in [2.24, 2.45) is 5.92 Å². The van der Waals surface area contributed by atoms with Gasteiger partial charge in [0.05, 0.1) is 6.10 Å². The van der Waals surface area contributed by atoms with Gasteiger partial charge in [0.2, 0.25) is 0 Å². The van der Waals surface area contributed by atoms with E-state index in [1.165, 1.54) is 64.2 Å². The molecule has 2 aliphatic carbocycles. The molecule has 0 atom stereocenters. The molecule has 3 rings (SSSR count). The van der Waals surface area contributed by atoms with Crippen LogP contribution in [0.3, 0.4) is 0 Å². The summed E-state index contributed by atoms with van der Waals surface area (Å²) in [5.74, 6) is 2.52. The average Bonchev–Trinajstić information content (AvgIpc) is 2.63. The second-order valence-electron chi connectivity index (χ2n) is 8.32. The van der Waals surface area contributed by atoms with E-state index in [1.54, 1.807) is 11.1 Å². The lowest BCUT2D eigenvalue weighted by molar-refractivity contribution is 0.0232. The van der Waals surface area contributed by atoms with Crippen LogP contribution in [0.25, 0.3) is 0 Å². The van der Waals surface area contributed by atoms with E-state index in [-0.39, 0.29) is 0 Å². The Hall–Kier alpha value is -0.820. The van der Waals surface area contributed by atoms with Crippen LogP contribution in [0, 0.1) is 5.92 Å². The maximum atomic E-state index is 6.01. The topological polar surface area (TPSA) is 9.23 Å². The highest BCUT2D eigenvalue weighted by molar-refractivity contribution is 5.28. The largest absolute Gasteiger partial charge is 0.378 e. The van der Waals surface area contributed by atoms with Gasteiger partial charge in [0.1, 0.15) is 0 Å².